The van der Waals surface area contributed by atoms with Gasteiger partial charge < -0.3 is 10.5 Å². The van der Waals surface area contributed by atoms with Gasteiger partial charge in [0.2, 0.25) is 5.78 Å². The molecule has 3 aromatic rings. The number of allylic oxidation sites excluding steroid dienone is 4. The van der Waals surface area contributed by atoms with Gasteiger partial charge in [0.25, 0.3) is 5.56 Å². The van der Waals surface area contributed by atoms with Crippen LogP contribution in [-0.4, -0.2) is 22.3 Å². The lowest BCUT2D eigenvalue weighted by Gasteiger charge is -2.09. The van der Waals surface area contributed by atoms with Gasteiger partial charge in [0.15, 0.2) is 10.7 Å². The van der Waals surface area contributed by atoms with E-state index in [1.807, 2.05) is 24.3 Å². The minimum Gasteiger partial charge on any atom is -0.493 e. The zero-order valence-electron chi connectivity index (χ0n) is 13.2. The third-order valence-electron chi connectivity index (χ3n) is 3.94. The van der Waals surface area contributed by atoms with Gasteiger partial charge in [-0.3, -0.25) is 14.0 Å². The fraction of sp³-hybridized carbons (Fsp3) is 0.0556. The molecule has 0 atom stereocenters. The molecule has 4 rings (SSSR count). The molecule has 124 valence electrons. The topological polar surface area (TPSA) is 86.7 Å². The SMILES string of the molecule is COC1=CC(=Cc2c(N)n3c(nc2=O)sc2ccccc23)C=CC1=O. The molecule has 2 N–H and O–H groups in total. The van der Waals surface area contributed by atoms with Crippen LogP contribution in [0.5, 0.6) is 0 Å². The summed E-state index contributed by atoms with van der Waals surface area (Å²) in [6, 6.07) is 7.73. The first-order chi connectivity index (χ1) is 12.1. The molecular weight excluding hydrogens is 338 g/mol. The van der Waals surface area contributed by atoms with E-state index in [2.05, 4.69) is 4.98 Å². The number of thiazole rings is 1. The van der Waals surface area contributed by atoms with Gasteiger partial charge in [0.05, 0.1) is 22.9 Å². The van der Waals surface area contributed by atoms with Crippen LogP contribution in [0, 0.1) is 0 Å². The summed E-state index contributed by atoms with van der Waals surface area (Å²) in [6.45, 7) is 0. The zero-order valence-corrected chi connectivity index (χ0v) is 14.0. The van der Waals surface area contributed by atoms with Gasteiger partial charge in [-0.1, -0.05) is 29.5 Å². The molecular formula is C18H13N3O3S. The van der Waals surface area contributed by atoms with Gasteiger partial charge in [0.1, 0.15) is 5.82 Å². The van der Waals surface area contributed by atoms with Gasteiger partial charge in [-0.2, -0.15) is 4.98 Å². The van der Waals surface area contributed by atoms with Gasteiger partial charge >= 0.3 is 0 Å². The monoisotopic (exact) mass is 351 g/mol. The molecule has 0 saturated carbocycles. The second kappa shape index (κ2) is 5.71. The van der Waals surface area contributed by atoms with Crippen LogP contribution in [0.2, 0.25) is 0 Å². The molecule has 6 nitrogen and oxygen atoms in total. The Morgan fingerprint density at radius 2 is 2.04 bits per heavy atom. The Morgan fingerprint density at radius 1 is 1.24 bits per heavy atom. The number of benzene rings is 1. The highest BCUT2D eigenvalue weighted by Crippen LogP contribution is 2.28. The van der Waals surface area contributed by atoms with Crippen molar-refractivity contribution < 1.29 is 9.53 Å². The number of carbonyl (C=O) groups is 1. The van der Waals surface area contributed by atoms with Crippen LogP contribution in [0.1, 0.15) is 5.56 Å². The first-order valence-electron chi connectivity index (χ1n) is 7.48. The molecule has 0 spiro atoms. The molecule has 0 unspecified atom stereocenters. The number of para-hydroxylation sites is 1. The predicted molar refractivity (Wildman–Crippen MR) is 98.5 cm³/mol. The molecule has 0 radical (unpaired) electrons. The summed E-state index contributed by atoms with van der Waals surface area (Å²) in [7, 11) is 1.43. The number of ketones is 1. The van der Waals surface area contributed by atoms with Crippen LogP contribution < -0.4 is 11.3 Å². The summed E-state index contributed by atoms with van der Waals surface area (Å²) in [5, 5.41) is 0. The van der Waals surface area contributed by atoms with E-state index in [0.29, 0.717) is 16.4 Å². The number of methoxy groups -OCH3 is 1. The normalized spacial score (nSPS) is 16.0. The number of rotatable bonds is 2. The first-order valence-corrected chi connectivity index (χ1v) is 8.29. The average Bonchev–Trinajstić information content (AvgIpc) is 2.98. The highest BCUT2D eigenvalue weighted by Gasteiger charge is 2.16. The van der Waals surface area contributed by atoms with Crippen LogP contribution in [0.15, 0.2) is 58.6 Å². The number of nitrogen functional groups attached to an aromatic ring is 1. The van der Waals surface area contributed by atoms with Crippen LogP contribution in [0.25, 0.3) is 21.3 Å². The summed E-state index contributed by atoms with van der Waals surface area (Å²) >= 11 is 1.41. The Labute approximate surface area is 146 Å². The number of aromatic nitrogens is 2. The van der Waals surface area contributed by atoms with E-state index in [1.165, 1.54) is 24.5 Å². The Hall–Kier alpha value is -3.19. The number of ether oxygens (including phenoxy) is 1. The Balaban J connectivity index is 1.97. The van der Waals surface area contributed by atoms with E-state index in [4.69, 9.17) is 10.5 Å². The highest BCUT2D eigenvalue weighted by molar-refractivity contribution is 7.23. The second-order valence-electron chi connectivity index (χ2n) is 5.46. The standard InChI is InChI=1S/C18H13N3O3S/c1-24-14-9-10(6-7-13(14)22)8-11-16(19)21-12-4-2-3-5-15(12)25-18(21)20-17(11)23/h2-9H,19H2,1H3. The molecule has 0 amide bonds. The Bertz CT molecular complexity index is 1180. The number of hydrogen-bond donors (Lipinski definition) is 1. The molecule has 2 heterocycles. The highest BCUT2D eigenvalue weighted by atomic mass is 32.1. The van der Waals surface area contributed by atoms with Crippen molar-refractivity contribution in [2.45, 2.75) is 0 Å². The maximum atomic E-state index is 12.4. The summed E-state index contributed by atoms with van der Waals surface area (Å²) in [5.74, 6) is 0.307. The Morgan fingerprint density at radius 3 is 2.84 bits per heavy atom. The maximum Gasteiger partial charge on any atom is 0.283 e. The van der Waals surface area contributed by atoms with Crippen molar-refractivity contribution in [1.29, 1.82) is 0 Å². The van der Waals surface area contributed by atoms with Crippen LogP contribution in [0.4, 0.5) is 5.82 Å². The van der Waals surface area contributed by atoms with Crippen LogP contribution in [-0.2, 0) is 9.53 Å². The summed E-state index contributed by atoms with van der Waals surface area (Å²) < 4.78 is 7.80. The lowest BCUT2D eigenvalue weighted by atomic mass is 10.0. The molecule has 0 bridgehead atoms. The minimum atomic E-state index is -0.408. The molecule has 7 heteroatoms. The van der Waals surface area contributed by atoms with Crippen molar-refractivity contribution in [2.24, 2.45) is 0 Å². The number of nitrogens with zero attached hydrogens (tertiary/aromatic N) is 2. The van der Waals surface area contributed by atoms with Crippen LogP contribution >= 0.6 is 11.3 Å². The minimum absolute atomic E-state index is 0.211. The van der Waals surface area contributed by atoms with E-state index in [1.54, 1.807) is 22.6 Å². The molecule has 1 aliphatic rings. The molecule has 2 aromatic heterocycles. The lowest BCUT2D eigenvalue weighted by molar-refractivity contribution is -0.114. The van der Waals surface area contributed by atoms with Crippen molar-refractivity contribution in [3.8, 4) is 0 Å². The van der Waals surface area contributed by atoms with Crippen molar-refractivity contribution in [3.05, 3.63) is 69.7 Å². The van der Waals surface area contributed by atoms with Crippen molar-refractivity contribution in [1.82, 2.24) is 9.38 Å². The number of carbonyl (C=O) groups excluding carboxylic acids is 1. The molecule has 0 aliphatic heterocycles. The van der Waals surface area contributed by atoms with E-state index >= 15 is 0 Å². The number of fused-ring (bicyclic) bond motifs is 3. The van der Waals surface area contributed by atoms with E-state index in [-0.39, 0.29) is 17.1 Å². The molecule has 1 aliphatic carbocycles. The molecule has 1 aromatic carbocycles. The van der Waals surface area contributed by atoms with Gasteiger partial charge in [-0.15, -0.1) is 0 Å². The Kier molecular flexibility index (Phi) is 3.51. The lowest BCUT2D eigenvalue weighted by Crippen LogP contribution is -2.16. The van der Waals surface area contributed by atoms with Gasteiger partial charge in [0, 0.05) is 0 Å². The van der Waals surface area contributed by atoms with Crippen molar-refractivity contribution in [2.75, 3.05) is 12.8 Å². The quantitative estimate of drug-likeness (QED) is 0.767. The summed E-state index contributed by atoms with van der Waals surface area (Å²) in [5.41, 5.74) is 7.69. The molecule has 0 saturated heterocycles. The average molecular weight is 351 g/mol. The van der Waals surface area contributed by atoms with E-state index in [9.17, 15) is 9.59 Å². The van der Waals surface area contributed by atoms with Crippen molar-refractivity contribution in [3.63, 3.8) is 0 Å². The fourth-order valence-electron chi connectivity index (χ4n) is 2.73. The largest absolute Gasteiger partial charge is 0.493 e. The number of hydrogen-bond acceptors (Lipinski definition) is 6. The van der Waals surface area contributed by atoms with E-state index in [0.717, 1.165) is 10.2 Å². The second-order valence-corrected chi connectivity index (χ2v) is 6.47. The fourth-order valence-corrected chi connectivity index (χ4v) is 3.76. The molecule has 25 heavy (non-hydrogen) atoms. The van der Waals surface area contributed by atoms with E-state index < -0.39 is 5.56 Å². The smallest absolute Gasteiger partial charge is 0.283 e. The van der Waals surface area contributed by atoms with Crippen molar-refractivity contribution >= 4 is 44.2 Å². The maximum absolute atomic E-state index is 12.4. The number of nitrogens with two attached hydrogens (primary N) is 1. The predicted octanol–water partition coefficient (Wildman–Crippen LogP) is 2.54. The summed E-state index contributed by atoms with van der Waals surface area (Å²) in [4.78, 5) is 28.8. The van der Waals surface area contributed by atoms with Gasteiger partial charge in [-0.25, -0.2) is 0 Å². The van der Waals surface area contributed by atoms with Crippen LogP contribution in [0.3, 0.4) is 0 Å². The zero-order chi connectivity index (χ0) is 17.6. The van der Waals surface area contributed by atoms with Gasteiger partial charge in [-0.05, 0) is 35.9 Å². The summed E-state index contributed by atoms with van der Waals surface area (Å²) in [6.07, 6.45) is 6.20. The molecule has 0 fully saturated rings. The third kappa shape index (κ3) is 2.45. The first kappa shape index (κ1) is 15.3. The third-order valence-corrected chi connectivity index (χ3v) is 4.96. The number of anilines is 1.